The first kappa shape index (κ1) is 14.6. The smallest absolute Gasteiger partial charge is 0.258 e. The molecule has 0 spiro atoms. The molecule has 1 aliphatic rings. The van der Waals surface area contributed by atoms with Crippen molar-refractivity contribution >= 4 is 5.91 Å². The molecule has 3 rings (SSSR count). The largest absolute Gasteiger partial charge is 0.484 e. The van der Waals surface area contributed by atoms with Crippen molar-refractivity contribution in [1.29, 1.82) is 0 Å². The fourth-order valence-electron chi connectivity index (χ4n) is 2.95. The van der Waals surface area contributed by atoms with Gasteiger partial charge in [0.2, 0.25) is 0 Å². The van der Waals surface area contributed by atoms with E-state index in [0.717, 1.165) is 25.0 Å². The summed E-state index contributed by atoms with van der Waals surface area (Å²) >= 11 is 0. The Morgan fingerprint density at radius 3 is 2.95 bits per heavy atom. The number of rotatable bonds is 5. The lowest BCUT2D eigenvalue weighted by Crippen LogP contribution is -2.31. The van der Waals surface area contributed by atoms with Gasteiger partial charge in [0, 0.05) is 0 Å². The number of amides is 1. The molecule has 3 nitrogen and oxygen atoms in total. The maximum Gasteiger partial charge on any atom is 0.258 e. The van der Waals surface area contributed by atoms with Gasteiger partial charge in [-0.25, -0.2) is 0 Å². The first-order valence-corrected chi connectivity index (χ1v) is 7.85. The summed E-state index contributed by atoms with van der Waals surface area (Å²) in [6.45, 7) is 2.16. The number of hydrogen-bond donors (Lipinski definition) is 1. The minimum absolute atomic E-state index is 0.0613. The highest BCUT2D eigenvalue weighted by molar-refractivity contribution is 5.78. The number of carbonyl (C=O) groups excluding carboxylic acids is 1. The first-order valence-electron chi connectivity index (χ1n) is 7.85. The van der Waals surface area contributed by atoms with E-state index in [-0.39, 0.29) is 18.6 Å². The molecule has 0 saturated carbocycles. The zero-order valence-corrected chi connectivity index (χ0v) is 12.8. The Labute approximate surface area is 131 Å². The summed E-state index contributed by atoms with van der Waals surface area (Å²) in [5, 5.41) is 3.07. The molecule has 1 N–H and O–H groups in total. The molecule has 1 amide bonds. The third-order valence-electron chi connectivity index (χ3n) is 4.14. The predicted molar refractivity (Wildman–Crippen MR) is 87.0 cm³/mol. The van der Waals surface area contributed by atoms with Gasteiger partial charge in [0.05, 0.1) is 6.04 Å². The zero-order valence-electron chi connectivity index (χ0n) is 12.8. The minimum Gasteiger partial charge on any atom is -0.484 e. The van der Waals surface area contributed by atoms with Gasteiger partial charge in [-0.1, -0.05) is 43.3 Å². The molecule has 2 aromatic rings. The summed E-state index contributed by atoms with van der Waals surface area (Å²) in [6, 6.07) is 16.3. The second kappa shape index (κ2) is 6.65. The third-order valence-corrected chi connectivity index (χ3v) is 4.14. The molecule has 22 heavy (non-hydrogen) atoms. The molecule has 1 aliphatic carbocycles. The van der Waals surface area contributed by atoms with Crippen LogP contribution in [0.25, 0.3) is 0 Å². The van der Waals surface area contributed by atoms with Crippen LogP contribution < -0.4 is 10.1 Å². The van der Waals surface area contributed by atoms with E-state index in [1.165, 1.54) is 16.7 Å². The van der Waals surface area contributed by atoms with Crippen molar-refractivity contribution in [1.82, 2.24) is 5.32 Å². The number of fused-ring (bicyclic) bond motifs is 1. The van der Waals surface area contributed by atoms with E-state index in [9.17, 15) is 4.79 Å². The molecule has 1 atom stereocenters. The van der Waals surface area contributed by atoms with Gasteiger partial charge in [-0.05, 0) is 48.1 Å². The van der Waals surface area contributed by atoms with E-state index in [2.05, 4.69) is 30.4 Å². The van der Waals surface area contributed by atoms with Gasteiger partial charge < -0.3 is 10.1 Å². The van der Waals surface area contributed by atoms with E-state index in [1.807, 2.05) is 30.3 Å². The molecule has 0 aromatic heterocycles. The van der Waals surface area contributed by atoms with Gasteiger partial charge in [-0.15, -0.1) is 0 Å². The highest BCUT2D eigenvalue weighted by Gasteiger charge is 2.23. The van der Waals surface area contributed by atoms with Crippen LogP contribution >= 0.6 is 0 Å². The Morgan fingerprint density at radius 2 is 2.09 bits per heavy atom. The van der Waals surface area contributed by atoms with Crippen LogP contribution in [-0.2, 0) is 17.6 Å². The summed E-state index contributed by atoms with van der Waals surface area (Å²) in [6.07, 6.45) is 2.96. The number of hydrogen-bond acceptors (Lipinski definition) is 2. The molecule has 0 heterocycles. The van der Waals surface area contributed by atoms with E-state index in [0.29, 0.717) is 0 Å². The summed E-state index contributed by atoms with van der Waals surface area (Å²) in [5.74, 6) is 0.685. The fourth-order valence-corrected chi connectivity index (χ4v) is 2.95. The third kappa shape index (κ3) is 3.30. The van der Waals surface area contributed by atoms with Crippen molar-refractivity contribution in [2.75, 3.05) is 6.61 Å². The van der Waals surface area contributed by atoms with E-state index in [4.69, 9.17) is 4.74 Å². The fraction of sp³-hybridized carbons (Fsp3) is 0.316. The number of benzene rings is 2. The van der Waals surface area contributed by atoms with Gasteiger partial charge in [0.25, 0.3) is 5.91 Å². The van der Waals surface area contributed by atoms with Crippen LogP contribution in [0.15, 0.2) is 48.5 Å². The van der Waals surface area contributed by atoms with Crippen molar-refractivity contribution < 1.29 is 9.53 Å². The molecule has 0 fully saturated rings. The predicted octanol–water partition coefficient (Wildman–Crippen LogP) is 3.43. The summed E-state index contributed by atoms with van der Waals surface area (Å²) < 4.78 is 5.60. The summed E-state index contributed by atoms with van der Waals surface area (Å²) in [5.41, 5.74) is 3.79. The molecule has 0 bridgehead atoms. The highest BCUT2D eigenvalue weighted by Crippen LogP contribution is 2.30. The molecule has 0 saturated heterocycles. The number of carbonyl (C=O) groups is 1. The van der Waals surface area contributed by atoms with Gasteiger partial charge in [-0.3, -0.25) is 4.79 Å². The molecular formula is C19H21NO2. The van der Waals surface area contributed by atoms with Gasteiger partial charge in [0.1, 0.15) is 5.75 Å². The van der Waals surface area contributed by atoms with Crippen molar-refractivity contribution in [3.8, 4) is 5.75 Å². The standard InChI is InChI=1S/C19H21NO2/c1-2-14-6-5-8-16(12-14)22-13-19(21)20-18-11-10-15-7-3-4-9-17(15)18/h3-9,12,18H,2,10-11,13H2,1H3,(H,20,21)/t18-/m0/s1. The van der Waals surface area contributed by atoms with Crippen molar-refractivity contribution in [3.63, 3.8) is 0 Å². The monoisotopic (exact) mass is 295 g/mol. The molecule has 0 aliphatic heterocycles. The number of aryl methyl sites for hydroxylation is 2. The van der Waals surface area contributed by atoms with Crippen LogP contribution in [0.3, 0.4) is 0 Å². The highest BCUT2D eigenvalue weighted by atomic mass is 16.5. The Hall–Kier alpha value is -2.29. The second-order valence-electron chi connectivity index (χ2n) is 5.65. The van der Waals surface area contributed by atoms with E-state index in [1.54, 1.807) is 0 Å². The first-order chi connectivity index (χ1) is 10.8. The van der Waals surface area contributed by atoms with Crippen molar-refractivity contribution in [2.45, 2.75) is 32.2 Å². The lowest BCUT2D eigenvalue weighted by Gasteiger charge is -2.14. The minimum atomic E-state index is -0.0661. The van der Waals surface area contributed by atoms with Crippen molar-refractivity contribution in [2.24, 2.45) is 0 Å². The number of ether oxygens (including phenoxy) is 1. The van der Waals surface area contributed by atoms with E-state index >= 15 is 0 Å². The average Bonchev–Trinajstić information content (AvgIpc) is 2.96. The summed E-state index contributed by atoms with van der Waals surface area (Å²) in [7, 11) is 0. The van der Waals surface area contributed by atoms with Crippen LogP contribution in [-0.4, -0.2) is 12.5 Å². The second-order valence-corrected chi connectivity index (χ2v) is 5.65. The van der Waals surface area contributed by atoms with Crippen molar-refractivity contribution in [3.05, 3.63) is 65.2 Å². The lowest BCUT2D eigenvalue weighted by atomic mass is 10.1. The molecule has 3 heteroatoms. The Balaban J connectivity index is 1.55. The summed E-state index contributed by atoms with van der Waals surface area (Å²) in [4.78, 5) is 12.1. The molecule has 114 valence electrons. The number of nitrogens with one attached hydrogen (secondary N) is 1. The van der Waals surface area contributed by atoms with Crippen LogP contribution in [0.4, 0.5) is 0 Å². The average molecular weight is 295 g/mol. The molecular weight excluding hydrogens is 274 g/mol. The maximum atomic E-state index is 12.1. The quantitative estimate of drug-likeness (QED) is 0.917. The van der Waals surface area contributed by atoms with Crippen LogP contribution in [0.5, 0.6) is 5.75 Å². The van der Waals surface area contributed by atoms with Crippen LogP contribution in [0, 0.1) is 0 Å². The topological polar surface area (TPSA) is 38.3 Å². The Bertz CT molecular complexity index is 666. The molecule has 0 unspecified atom stereocenters. The van der Waals surface area contributed by atoms with Crippen LogP contribution in [0.2, 0.25) is 0 Å². The normalized spacial score (nSPS) is 16.1. The van der Waals surface area contributed by atoms with Gasteiger partial charge >= 0.3 is 0 Å². The Kier molecular flexibility index (Phi) is 4.42. The van der Waals surface area contributed by atoms with Gasteiger partial charge in [0.15, 0.2) is 6.61 Å². The lowest BCUT2D eigenvalue weighted by molar-refractivity contribution is -0.123. The molecule has 0 radical (unpaired) electrons. The van der Waals surface area contributed by atoms with Gasteiger partial charge in [-0.2, -0.15) is 0 Å². The maximum absolute atomic E-state index is 12.1. The Morgan fingerprint density at radius 1 is 1.23 bits per heavy atom. The SMILES string of the molecule is CCc1cccc(OCC(=O)N[C@H]2CCc3ccccc32)c1. The zero-order chi connectivity index (χ0) is 15.4. The van der Waals surface area contributed by atoms with E-state index < -0.39 is 0 Å². The molecule has 2 aromatic carbocycles. The van der Waals surface area contributed by atoms with Crippen LogP contribution in [0.1, 0.15) is 36.1 Å².